The number of ether oxygens (including phenoxy) is 4. The molecule has 0 radical (unpaired) electrons. The number of aryl methyl sites for hydroxylation is 2. The number of hydrogen-bond acceptors (Lipinski definition) is 9. The van der Waals surface area contributed by atoms with Crippen LogP contribution in [-0.4, -0.2) is 37.8 Å². The third-order valence-electron chi connectivity index (χ3n) is 5.53. The molecule has 5 rings (SSSR count). The highest BCUT2D eigenvalue weighted by Crippen LogP contribution is 2.49. The van der Waals surface area contributed by atoms with Crippen LogP contribution in [-0.2, 0) is 11.3 Å². The SMILES string of the molecule is COc1c(C[C@H]2CC(c3sc4nc(C)cc(C)c4c3N)=NO2)cc2c(c1OC)OCO2. The van der Waals surface area contributed by atoms with E-state index in [-0.39, 0.29) is 12.9 Å². The Hall–Kier alpha value is -3.20. The minimum absolute atomic E-state index is 0.156. The zero-order chi connectivity index (χ0) is 21.7. The number of hydrogen-bond donors (Lipinski definition) is 1. The van der Waals surface area contributed by atoms with Gasteiger partial charge in [-0.25, -0.2) is 4.98 Å². The highest BCUT2D eigenvalue weighted by Gasteiger charge is 2.31. The fourth-order valence-electron chi connectivity index (χ4n) is 4.21. The molecule has 0 fully saturated rings. The highest BCUT2D eigenvalue weighted by atomic mass is 32.1. The molecule has 0 aliphatic carbocycles. The largest absolute Gasteiger partial charge is 0.492 e. The summed E-state index contributed by atoms with van der Waals surface area (Å²) in [4.78, 5) is 12.3. The number of rotatable bonds is 5. The van der Waals surface area contributed by atoms with Crippen molar-refractivity contribution in [3.8, 4) is 23.0 Å². The average molecular weight is 442 g/mol. The molecule has 1 atom stereocenters. The molecule has 0 unspecified atom stereocenters. The van der Waals surface area contributed by atoms with Gasteiger partial charge >= 0.3 is 0 Å². The lowest BCUT2D eigenvalue weighted by molar-refractivity contribution is 0.0853. The first-order valence-corrected chi connectivity index (χ1v) is 10.7. The first kappa shape index (κ1) is 19.7. The average Bonchev–Trinajstić information content (AvgIpc) is 3.45. The summed E-state index contributed by atoms with van der Waals surface area (Å²) in [5, 5.41) is 5.35. The van der Waals surface area contributed by atoms with E-state index in [9.17, 15) is 0 Å². The summed E-state index contributed by atoms with van der Waals surface area (Å²) in [6.45, 7) is 4.20. The lowest BCUT2D eigenvalue weighted by Gasteiger charge is -2.16. The van der Waals surface area contributed by atoms with Crippen LogP contribution in [0.15, 0.2) is 17.3 Å². The van der Waals surface area contributed by atoms with Gasteiger partial charge in [0, 0.05) is 29.5 Å². The smallest absolute Gasteiger partial charge is 0.231 e. The molecule has 8 nitrogen and oxygen atoms in total. The van der Waals surface area contributed by atoms with Gasteiger partial charge in [0.05, 0.1) is 24.8 Å². The molecule has 2 N–H and O–H groups in total. The van der Waals surface area contributed by atoms with Crippen molar-refractivity contribution < 1.29 is 23.8 Å². The van der Waals surface area contributed by atoms with E-state index in [1.807, 2.05) is 19.1 Å². The predicted molar refractivity (Wildman–Crippen MR) is 119 cm³/mol. The predicted octanol–water partition coefficient (Wildman–Crippen LogP) is 3.98. The lowest BCUT2D eigenvalue weighted by Crippen LogP contribution is -2.13. The Bertz CT molecular complexity index is 1220. The first-order valence-electron chi connectivity index (χ1n) is 9.92. The van der Waals surface area contributed by atoms with Gasteiger partial charge < -0.3 is 29.5 Å². The lowest BCUT2D eigenvalue weighted by atomic mass is 10.0. The summed E-state index contributed by atoms with van der Waals surface area (Å²) in [7, 11) is 3.19. The fourth-order valence-corrected chi connectivity index (χ4v) is 5.41. The summed E-state index contributed by atoms with van der Waals surface area (Å²) >= 11 is 1.56. The monoisotopic (exact) mass is 441 g/mol. The molecule has 3 aromatic rings. The maximum atomic E-state index is 6.48. The number of thiophene rings is 1. The van der Waals surface area contributed by atoms with Gasteiger partial charge in [0.25, 0.3) is 0 Å². The van der Waals surface area contributed by atoms with Crippen molar-refractivity contribution in [2.24, 2.45) is 5.16 Å². The fraction of sp³-hybridized carbons (Fsp3) is 0.364. The van der Waals surface area contributed by atoms with Crippen molar-refractivity contribution >= 4 is 33.0 Å². The van der Waals surface area contributed by atoms with Crippen molar-refractivity contribution in [1.82, 2.24) is 4.98 Å². The quantitative estimate of drug-likeness (QED) is 0.640. The van der Waals surface area contributed by atoms with E-state index in [1.54, 1.807) is 25.6 Å². The zero-order valence-electron chi connectivity index (χ0n) is 17.8. The van der Waals surface area contributed by atoms with Gasteiger partial charge in [0.15, 0.2) is 11.5 Å². The van der Waals surface area contributed by atoms with E-state index in [4.69, 9.17) is 29.5 Å². The number of nitrogen functional groups attached to an aromatic ring is 1. The number of methoxy groups -OCH3 is 2. The van der Waals surface area contributed by atoms with E-state index >= 15 is 0 Å². The molecule has 0 saturated carbocycles. The van der Waals surface area contributed by atoms with E-state index in [0.717, 1.165) is 43.3 Å². The number of oxime groups is 1. The molecule has 0 bridgehead atoms. The maximum Gasteiger partial charge on any atom is 0.231 e. The number of nitrogens with two attached hydrogens (primary N) is 1. The zero-order valence-corrected chi connectivity index (χ0v) is 18.6. The number of anilines is 1. The number of nitrogens with zero attached hydrogens (tertiary/aromatic N) is 2. The summed E-state index contributed by atoms with van der Waals surface area (Å²) in [5.74, 6) is 2.33. The second kappa shape index (κ2) is 7.49. The van der Waals surface area contributed by atoms with Gasteiger partial charge in [-0.1, -0.05) is 5.16 Å². The Morgan fingerprint density at radius 1 is 1.16 bits per heavy atom. The van der Waals surface area contributed by atoms with Gasteiger partial charge in [0.1, 0.15) is 16.6 Å². The second-order valence-corrected chi connectivity index (χ2v) is 8.61. The molecule has 0 spiro atoms. The Morgan fingerprint density at radius 2 is 1.97 bits per heavy atom. The van der Waals surface area contributed by atoms with E-state index in [1.165, 1.54) is 0 Å². The molecule has 4 heterocycles. The Balaban J connectivity index is 1.42. The maximum absolute atomic E-state index is 6.48. The van der Waals surface area contributed by atoms with Gasteiger partial charge in [-0.3, -0.25) is 0 Å². The van der Waals surface area contributed by atoms with Crippen molar-refractivity contribution in [3.63, 3.8) is 0 Å². The van der Waals surface area contributed by atoms with Crippen molar-refractivity contribution in [3.05, 3.63) is 33.8 Å². The summed E-state index contributed by atoms with van der Waals surface area (Å²) in [6.07, 6.45) is 1.05. The van der Waals surface area contributed by atoms with Gasteiger partial charge in [-0.15, -0.1) is 11.3 Å². The molecule has 0 saturated heterocycles. The van der Waals surface area contributed by atoms with Crippen LogP contribution in [0.25, 0.3) is 10.2 Å². The van der Waals surface area contributed by atoms with Crippen LogP contribution in [0.4, 0.5) is 5.69 Å². The Kier molecular flexibility index (Phi) is 4.77. The van der Waals surface area contributed by atoms with Gasteiger partial charge in [-0.05, 0) is 31.5 Å². The molecule has 1 aromatic carbocycles. The normalized spacial score (nSPS) is 17.0. The standard InChI is InChI=1S/C22H23N3O5S/c1-10-5-11(2)24-22-16(10)17(23)21(31-22)14-8-13(30-25-14)6-12-7-15-19(29-9-28-15)20(27-4)18(12)26-3/h5,7,13H,6,8-9,23H2,1-4H3/t13-/m0/s1. The highest BCUT2D eigenvalue weighted by molar-refractivity contribution is 7.21. The molecule has 162 valence electrons. The van der Waals surface area contributed by atoms with Crippen molar-refractivity contribution in [2.45, 2.75) is 32.8 Å². The third-order valence-corrected chi connectivity index (χ3v) is 6.67. The van der Waals surface area contributed by atoms with Crippen LogP contribution < -0.4 is 24.7 Å². The molecule has 31 heavy (non-hydrogen) atoms. The Morgan fingerprint density at radius 3 is 2.74 bits per heavy atom. The second-order valence-electron chi connectivity index (χ2n) is 7.62. The van der Waals surface area contributed by atoms with Gasteiger partial charge in [-0.2, -0.15) is 0 Å². The van der Waals surface area contributed by atoms with Crippen molar-refractivity contribution in [2.75, 3.05) is 26.7 Å². The molecule has 9 heteroatoms. The molecular formula is C22H23N3O5S. The topological polar surface area (TPSA) is 97.4 Å². The summed E-state index contributed by atoms with van der Waals surface area (Å²) < 4.78 is 22.2. The van der Waals surface area contributed by atoms with Crippen LogP contribution in [0.3, 0.4) is 0 Å². The van der Waals surface area contributed by atoms with Crippen LogP contribution in [0.5, 0.6) is 23.0 Å². The number of pyridine rings is 1. The van der Waals surface area contributed by atoms with Crippen LogP contribution in [0, 0.1) is 13.8 Å². The van der Waals surface area contributed by atoms with E-state index < -0.39 is 0 Å². The number of fused-ring (bicyclic) bond motifs is 2. The molecule has 2 aliphatic rings. The van der Waals surface area contributed by atoms with Crippen LogP contribution in [0.1, 0.15) is 28.1 Å². The van der Waals surface area contributed by atoms with E-state index in [0.29, 0.717) is 35.8 Å². The number of aromatic nitrogens is 1. The molecule has 2 aliphatic heterocycles. The molecule has 2 aromatic heterocycles. The minimum atomic E-state index is -0.158. The molecular weight excluding hydrogens is 418 g/mol. The third kappa shape index (κ3) is 3.20. The Labute approximate surface area is 183 Å². The molecule has 0 amide bonds. The minimum Gasteiger partial charge on any atom is -0.492 e. The first-order chi connectivity index (χ1) is 15.0. The van der Waals surface area contributed by atoms with Crippen molar-refractivity contribution in [1.29, 1.82) is 0 Å². The van der Waals surface area contributed by atoms with Crippen LogP contribution in [0.2, 0.25) is 0 Å². The van der Waals surface area contributed by atoms with E-state index in [2.05, 4.69) is 17.1 Å². The van der Waals surface area contributed by atoms with Gasteiger partial charge in [0.2, 0.25) is 18.3 Å². The number of benzene rings is 1. The summed E-state index contributed by atoms with van der Waals surface area (Å²) in [5.41, 5.74) is 11.0. The summed E-state index contributed by atoms with van der Waals surface area (Å²) in [6, 6.07) is 3.96. The van der Waals surface area contributed by atoms with Crippen LogP contribution >= 0.6 is 11.3 Å².